The summed E-state index contributed by atoms with van der Waals surface area (Å²) in [5.74, 6) is 2.91. The molecular weight excluding hydrogens is 324 g/mol. The van der Waals surface area contributed by atoms with E-state index in [1.165, 1.54) is 18.6 Å². The lowest BCUT2D eigenvalue weighted by atomic mass is 9.85. The average molecular weight is 348 g/mol. The molecular formula is C17H24N4O2S. The minimum absolute atomic E-state index is 0.108. The molecule has 1 aliphatic carbocycles. The standard InChI is InChI=1S/C17H24N4O2S/c1-12(2)6-11-16-19-17(13-4-3-5-13)21(20-16)14-7-9-15(10-8-14)24(18,22)23/h7-10,12-13H,3-6,11H2,1-2H3,(H2,18,22,23). The summed E-state index contributed by atoms with van der Waals surface area (Å²) in [7, 11) is -3.68. The third-order valence-corrected chi connectivity index (χ3v) is 5.43. The lowest BCUT2D eigenvalue weighted by Crippen LogP contribution is -2.16. The molecule has 0 amide bonds. The average Bonchev–Trinajstić information content (AvgIpc) is 2.86. The molecule has 24 heavy (non-hydrogen) atoms. The van der Waals surface area contributed by atoms with Crippen molar-refractivity contribution < 1.29 is 8.42 Å². The number of benzene rings is 1. The van der Waals surface area contributed by atoms with Crippen LogP contribution in [0.5, 0.6) is 0 Å². The highest BCUT2D eigenvalue weighted by atomic mass is 32.2. The van der Waals surface area contributed by atoms with Gasteiger partial charge < -0.3 is 0 Å². The number of aryl methyl sites for hydroxylation is 1. The van der Waals surface area contributed by atoms with Crippen LogP contribution in [-0.4, -0.2) is 23.2 Å². The summed E-state index contributed by atoms with van der Waals surface area (Å²) in [6, 6.07) is 6.51. The zero-order chi connectivity index (χ0) is 17.3. The second-order valence-electron chi connectivity index (χ2n) is 6.90. The van der Waals surface area contributed by atoms with Crippen LogP contribution in [0.3, 0.4) is 0 Å². The summed E-state index contributed by atoms with van der Waals surface area (Å²) in [5, 5.41) is 9.84. The Morgan fingerprint density at radius 3 is 2.42 bits per heavy atom. The molecule has 1 saturated carbocycles. The molecule has 1 fully saturated rings. The first kappa shape index (κ1) is 17.1. The number of nitrogens with two attached hydrogens (primary N) is 1. The molecule has 0 atom stereocenters. The van der Waals surface area contributed by atoms with Gasteiger partial charge in [-0.3, -0.25) is 0 Å². The van der Waals surface area contributed by atoms with E-state index in [0.717, 1.165) is 43.0 Å². The normalized spacial score (nSPS) is 15.7. The summed E-state index contributed by atoms with van der Waals surface area (Å²) >= 11 is 0. The minimum Gasteiger partial charge on any atom is -0.225 e. The quantitative estimate of drug-likeness (QED) is 0.869. The number of hydrogen-bond donors (Lipinski definition) is 1. The first-order chi connectivity index (χ1) is 11.3. The van der Waals surface area contributed by atoms with E-state index in [2.05, 4.69) is 18.9 Å². The smallest absolute Gasteiger partial charge is 0.225 e. The highest BCUT2D eigenvalue weighted by Crippen LogP contribution is 2.36. The predicted octanol–water partition coefficient (Wildman–Crippen LogP) is 2.77. The van der Waals surface area contributed by atoms with Crippen LogP contribution in [0.4, 0.5) is 0 Å². The Labute approximate surface area is 143 Å². The molecule has 1 heterocycles. The Morgan fingerprint density at radius 2 is 1.92 bits per heavy atom. The summed E-state index contributed by atoms with van der Waals surface area (Å²) in [5.41, 5.74) is 0.826. The first-order valence-electron chi connectivity index (χ1n) is 8.43. The number of hydrogen-bond acceptors (Lipinski definition) is 4. The van der Waals surface area contributed by atoms with Gasteiger partial charge in [-0.05, 0) is 49.4 Å². The molecule has 1 aliphatic rings. The molecule has 0 aliphatic heterocycles. The van der Waals surface area contributed by atoms with E-state index >= 15 is 0 Å². The van der Waals surface area contributed by atoms with Gasteiger partial charge in [-0.25, -0.2) is 23.2 Å². The van der Waals surface area contributed by atoms with E-state index in [4.69, 9.17) is 10.1 Å². The Bertz CT molecular complexity index is 806. The molecule has 0 unspecified atom stereocenters. The van der Waals surface area contributed by atoms with Gasteiger partial charge in [0.15, 0.2) is 5.82 Å². The predicted molar refractivity (Wildman–Crippen MR) is 92.5 cm³/mol. The van der Waals surface area contributed by atoms with Gasteiger partial charge in [-0.2, -0.15) is 5.10 Å². The lowest BCUT2D eigenvalue weighted by Gasteiger charge is -2.24. The van der Waals surface area contributed by atoms with Gasteiger partial charge in [-0.1, -0.05) is 20.3 Å². The van der Waals surface area contributed by atoms with Crippen molar-refractivity contribution in [2.45, 2.75) is 56.8 Å². The van der Waals surface area contributed by atoms with Gasteiger partial charge in [0.1, 0.15) is 5.82 Å². The van der Waals surface area contributed by atoms with Crippen molar-refractivity contribution in [2.75, 3.05) is 0 Å². The third kappa shape index (κ3) is 3.67. The highest BCUT2D eigenvalue weighted by Gasteiger charge is 2.26. The SMILES string of the molecule is CC(C)CCc1nc(C2CCC2)n(-c2ccc(S(N)(=O)=O)cc2)n1. The molecule has 7 heteroatoms. The minimum atomic E-state index is -3.68. The van der Waals surface area contributed by atoms with Gasteiger partial charge in [0.2, 0.25) is 10.0 Å². The molecule has 0 spiro atoms. The van der Waals surface area contributed by atoms with Crippen LogP contribution >= 0.6 is 0 Å². The summed E-state index contributed by atoms with van der Waals surface area (Å²) in [6.07, 6.45) is 5.41. The second kappa shape index (κ2) is 6.64. The zero-order valence-electron chi connectivity index (χ0n) is 14.1. The monoisotopic (exact) mass is 348 g/mol. The fourth-order valence-corrected chi connectivity index (χ4v) is 3.31. The van der Waals surface area contributed by atoms with Crippen LogP contribution in [0.25, 0.3) is 5.69 Å². The van der Waals surface area contributed by atoms with Crippen molar-refractivity contribution >= 4 is 10.0 Å². The molecule has 0 radical (unpaired) electrons. The number of nitrogens with zero attached hydrogens (tertiary/aromatic N) is 3. The van der Waals surface area contributed by atoms with Gasteiger partial charge in [0.25, 0.3) is 0 Å². The molecule has 0 bridgehead atoms. The van der Waals surface area contributed by atoms with Crippen molar-refractivity contribution in [3.05, 3.63) is 35.9 Å². The zero-order valence-corrected chi connectivity index (χ0v) is 15.0. The summed E-state index contributed by atoms with van der Waals surface area (Å²) in [6.45, 7) is 4.38. The topological polar surface area (TPSA) is 90.9 Å². The van der Waals surface area contributed by atoms with Crippen LogP contribution in [0.15, 0.2) is 29.2 Å². The summed E-state index contributed by atoms with van der Waals surface area (Å²) < 4.78 is 24.7. The Balaban J connectivity index is 1.93. The molecule has 6 nitrogen and oxygen atoms in total. The Hall–Kier alpha value is -1.73. The molecule has 1 aromatic carbocycles. The van der Waals surface area contributed by atoms with E-state index in [1.54, 1.807) is 12.1 Å². The Morgan fingerprint density at radius 1 is 1.25 bits per heavy atom. The Kier molecular flexibility index (Phi) is 4.73. The van der Waals surface area contributed by atoms with Gasteiger partial charge in [-0.15, -0.1) is 0 Å². The largest absolute Gasteiger partial charge is 0.238 e. The van der Waals surface area contributed by atoms with Crippen molar-refractivity contribution in [3.63, 3.8) is 0 Å². The second-order valence-corrected chi connectivity index (χ2v) is 8.46. The van der Waals surface area contributed by atoms with Gasteiger partial charge >= 0.3 is 0 Å². The van der Waals surface area contributed by atoms with Gasteiger partial charge in [0, 0.05) is 12.3 Å². The lowest BCUT2D eigenvalue weighted by molar-refractivity contribution is 0.394. The number of aromatic nitrogens is 3. The fraction of sp³-hybridized carbons (Fsp3) is 0.529. The number of sulfonamides is 1. The van der Waals surface area contributed by atoms with Gasteiger partial charge in [0.05, 0.1) is 10.6 Å². The van der Waals surface area contributed by atoms with Crippen molar-refractivity contribution in [3.8, 4) is 5.69 Å². The van der Waals surface area contributed by atoms with E-state index in [-0.39, 0.29) is 4.90 Å². The molecule has 2 N–H and O–H groups in total. The summed E-state index contributed by atoms with van der Waals surface area (Å²) in [4.78, 5) is 4.87. The molecule has 3 rings (SSSR count). The first-order valence-corrected chi connectivity index (χ1v) is 9.98. The van der Waals surface area contributed by atoms with Crippen LogP contribution in [0.1, 0.15) is 57.1 Å². The number of rotatable bonds is 6. The van der Waals surface area contributed by atoms with Crippen LogP contribution in [-0.2, 0) is 16.4 Å². The maximum absolute atomic E-state index is 11.4. The van der Waals surface area contributed by atoms with Crippen LogP contribution in [0, 0.1) is 5.92 Å². The third-order valence-electron chi connectivity index (χ3n) is 4.50. The number of primary sulfonamides is 1. The van der Waals surface area contributed by atoms with E-state index < -0.39 is 10.0 Å². The van der Waals surface area contributed by atoms with E-state index in [9.17, 15) is 8.42 Å². The highest BCUT2D eigenvalue weighted by molar-refractivity contribution is 7.89. The molecule has 2 aromatic rings. The molecule has 0 saturated heterocycles. The maximum atomic E-state index is 11.4. The van der Waals surface area contributed by atoms with E-state index in [1.807, 2.05) is 4.68 Å². The fourth-order valence-electron chi connectivity index (χ4n) is 2.79. The van der Waals surface area contributed by atoms with E-state index in [0.29, 0.717) is 11.8 Å². The molecule has 1 aromatic heterocycles. The van der Waals surface area contributed by atoms with Crippen molar-refractivity contribution in [2.24, 2.45) is 11.1 Å². The van der Waals surface area contributed by atoms with Crippen molar-refractivity contribution in [1.29, 1.82) is 0 Å². The van der Waals surface area contributed by atoms with Crippen molar-refractivity contribution in [1.82, 2.24) is 14.8 Å². The molecule has 130 valence electrons. The van der Waals surface area contributed by atoms with Crippen LogP contribution in [0.2, 0.25) is 0 Å². The van der Waals surface area contributed by atoms with Crippen LogP contribution < -0.4 is 5.14 Å². The maximum Gasteiger partial charge on any atom is 0.238 e.